The number of rotatable bonds is 9. The maximum atomic E-state index is 13.5. The molecule has 2 amide bonds. The first-order valence-corrected chi connectivity index (χ1v) is 13.2. The fourth-order valence-electron chi connectivity index (χ4n) is 5.32. The van der Waals surface area contributed by atoms with Gasteiger partial charge < -0.3 is 26.0 Å². The van der Waals surface area contributed by atoms with Crippen LogP contribution in [0, 0.1) is 5.92 Å². The minimum atomic E-state index is -0.725. The monoisotopic (exact) mass is 499 g/mol. The van der Waals surface area contributed by atoms with Crippen LogP contribution in [-0.2, 0) is 22.4 Å². The molecule has 6 N–H and O–H groups in total. The van der Waals surface area contributed by atoms with E-state index in [-0.39, 0.29) is 24.3 Å². The number of carbonyl (C=O) groups excluding carboxylic acids is 2. The Morgan fingerprint density at radius 3 is 2.51 bits per heavy atom. The third-order valence-electron chi connectivity index (χ3n) is 7.40. The van der Waals surface area contributed by atoms with Gasteiger partial charge in [0.2, 0.25) is 11.8 Å². The number of aliphatic hydroxyl groups is 1. The Hall–Kier alpha value is -3.68. The summed E-state index contributed by atoms with van der Waals surface area (Å²) in [6.45, 7) is 1.66. The van der Waals surface area contributed by atoms with Crippen molar-refractivity contribution in [3.8, 4) is 0 Å². The third-order valence-corrected chi connectivity index (χ3v) is 7.40. The lowest BCUT2D eigenvalue weighted by Crippen LogP contribution is -2.86. The van der Waals surface area contributed by atoms with E-state index in [0.717, 1.165) is 58.7 Å². The summed E-state index contributed by atoms with van der Waals surface area (Å²) in [5.74, 6) is -0.411. The van der Waals surface area contributed by atoms with Crippen molar-refractivity contribution in [3.05, 3.63) is 84.1 Å². The molecule has 1 saturated heterocycles. The highest BCUT2D eigenvalue weighted by Crippen LogP contribution is 2.20. The van der Waals surface area contributed by atoms with Gasteiger partial charge in [-0.05, 0) is 34.4 Å². The second kappa shape index (κ2) is 11.6. The van der Waals surface area contributed by atoms with Gasteiger partial charge in [0.05, 0.1) is 25.7 Å². The summed E-state index contributed by atoms with van der Waals surface area (Å²) in [7, 11) is 0. The van der Waals surface area contributed by atoms with Crippen LogP contribution in [0.2, 0.25) is 0 Å². The van der Waals surface area contributed by atoms with Crippen LogP contribution in [0.4, 0.5) is 0 Å². The Balaban J connectivity index is 1.33. The molecule has 0 saturated carbocycles. The van der Waals surface area contributed by atoms with Gasteiger partial charge in [0.1, 0.15) is 6.04 Å². The van der Waals surface area contributed by atoms with E-state index in [1.165, 1.54) is 0 Å². The predicted molar refractivity (Wildman–Crippen MR) is 145 cm³/mol. The van der Waals surface area contributed by atoms with E-state index in [9.17, 15) is 14.7 Å². The van der Waals surface area contributed by atoms with Gasteiger partial charge in [-0.25, -0.2) is 0 Å². The SMILES string of the molecule is O=C(N[C@H](Cc1ccc2ccccc2c1)C(=O)N[C@@H](CO)Cc1c[nH]c2ccccc12)C1CC[NH2+]CC1. The number of piperidine rings is 1. The van der Waals surface area contributed by atoms with Gasteiger partial charge in [0.25, 0.3) is 0 Å². The highest BCUT2D eigenvalue weighted by molar-refractivity contribution is 5.89. The molecule has 37 heavy (non-hydrogen) atoms. The fraction of sp³-hybridized carbons (Fsp3) is 0.333. The lowest BCUT2D eigenvalue weighted by molar-refractivity contribution is -0.664. The van der Waals surface area contributed by atoms with Crippen molar-refractivity contribution in [2.75, 3.05) is 19.7 Å². The molecule has 2 heterocycles. The van der Waals surface area contributed by atoms with Crippen LogP contribution in [0.15, 0.2) is 72.9 Å². The first-order chi connectivity index (χ1) is 18.1. The quantitative estimate of drug-likeness (QED) is 0.243. The predicted octanol–water partition coefficient (Wildman–Crippen LogP) is 2.04. The number of nitrogens with two attached hydrogens (primary N) is 1. The van der Waals surface area contributed by atoms with E-state index in [1.54, 1.807) is 0 Å². The molecule has 1 aliphatic heterocycles. The maximum absolute atomic E-state index is 13.5. The Kier molecular flexibility index (Phi) is 7.82. The molecule has 0 aliphatic carbocycles. The molecule has 0 spiro atoms. The first-order valence-electron chi connectivity index (χ1n) is 13.2. The smallest absolute Gasteiger partial charge is 0.243 e. The van der Waals surface area contributed by atoms with E-state index in [2.05, 4.69) is 33.1 Å². The molecule has 4 aromatic rings. The Morgan fingerprint density at radius 1 is 0.946 bits per heavy atom. The molecule has 7 nitrogen and oxygen atoms in total. The summed E-state index contributed by atoms with van der Waals surface area (Å²) in [5.41, 5.74) is 3.03. The minimum Gasteiger partial charge on any atom is -0.394 e. The Morgan fingerprint density at radius 2 is 1.70 bits per heavy atom. The zero-order valence-corrected chi connectivity index (χ0v) is 21.0. The number of carbonyl (C=O) groups is 2. The molecule has 3 aromatic carbocycles. The number of aliphatic hydroxyl groups excluding tert-OH is 1. The zero-order valence-electron chi connectivity index (χ0n) is 21.0. The van der Waals surface area contributed by atoms with Gasteiger partial charge in [-0.2, -0.15) is 0 Å². The molecule has 5 rings (SSSR count). The highest BCUT2D eigenvalue weighted by Gasteiger charge is 2.29. The number of nitrogens with one attached hydrogen (secondary N) is 3. The van der Waals surface area contributed by atoms with Crippen LogP contribution in [0.1, 0.15) is 24.0 Å². The van der Waals surface area contributed by atoms with Crippen LogP contribution < -0.4 is 16.0 Å². The third kappa shape index (κ3) is 6.01. The van der Waals surface area contributed by atoms with Crippen LogP contribution >= 0.6 is 0 Å². The molecule has 192 valence electrons. The number of aromatic amines is 1. The van der Waals surface area contributed by atoms with E-state index in [1.807, 2.05) is 60.8 Å². The second-order valence-corrected chi connectivity index (χ2v) is 10.0. The van der Waals surface area contributed by atoms with E-state index in [4.69, 9.17) is 0 Å². The number of fused-ring (bicyclic) bond motifs is 2. The van der Waals surface area contributed by atoms with Gasteiger partial charge >= 0.3 is 0 Å². The number of benzene rings is 3. The van der Waals surface area contributed by atoms with Gasteiger partial charge in [0, 0.05) is 42.3 Å². The topological polar surface area (TPSA) is 111 Å². The molecule has 0 unspecified atom stereocenters. The summed E-state index contributed by atoms with van der Waals surface area (Å²) in [5, 5.41) is 21.7. The standard InChI is InChI=1S/C30H34N4O3/c35-19-25(17-24-18-32-27-8-4-3-7-26(24)27)33-30(37)28(34-29(36)22-11-13-31-14-12-22)16-20-9-10-21-5-1-2-6-23(21)15-20/h1-10,15,18,22,25,28,31-32,35H,11-14,16-17,19H2,(H,33,37)(H,34,36)/p+1/t25-,28-/m1/s1. The molecule has 1 fully saturated rings. The van der Waals surface area contributed by atoms with Crippen LogP contribution in [0.3, 0.4) is 0 Å². The van der Waals surface area contributed by atoms with E-state index < -0.39 is 12.1 Å². The van der Waals surface area contributed by atoms with E-state index >= 15 is 0 Å². The number of hydrogen-bond acceptors (Lipinski definition) is 3. The summed E-state index contributed by atoms with van der Waals surface area (Å²) >= 11 is 0. The van der Waals surface area contributed by atoms with Gasteiger partial charge in [-0.15, -0.1) is 0 Å². The molecule has 7 heteroatoms. The van der Waals surface area contributed by atoms with Crippen molar-refractivity contribution in [2.24, 2.45) is 5.92 Å². The second-order valence-electron chi connectivity index (χ2n) is 10.0. The Labute approximate surface area is 216 Å². The average Bonchev–Trinajstić information content (AvgIpc) is 3.35. The van der Waals surface area contributed by atoms with Crippen molar-refractivity contribution in [3.63, 3.8) is 0 Å². The van der Waals surface area contributed by atoms with E-state index in [0.29, 0.717) is 12.8 Å². The molecular formula is C30H35N4O3+. The number of para-hydroxylation sites is 1. The summed E-state index contributed by atoms with van der Waals surface area (Å²) in [6, 6.07) is 21.0. The van der Waals surface area contributed by atoms with Crippen molar-refractivity contribution in [1.29, 1.82) is 0 Å². The minimum absolute atomic E-state index is 0.0637. The molecule has 0 radical (unpaired) electrons. The fourth-order valence-corrected chi connectivity index (χ4v) is 5.32. The molecule has 1 aliphatic rings. The molecule has 0 bridgehead atoms. The van der Waals surface area contributed by atoms with Gasteiger partial charge in [-0.3, -0.25) is 9.59 Å². The van der Waals surface area contributed by atoms with Crippen molar-refractivity contribution >= 4 is 33.5 Å². The van der Waals surface area contributed by atoms with Crippen molar-refractivity contribution in [1.82, 2.24) is 15.6 Å². The highest BCUT2D eigenvalue weighted by atomic mass is 16.3. The summed E-state index contributed by atoms with van der Waals surface area (Å²) in [6.07, 6.45) is 4.42. The molecular weight excluding hydrogens is 464 g/mol. The lowest BCUT2D eigenvalue weighted by atomic mass is 9.95. The van der Waals surface area contributed by atoms with Crippen LogP contribution in [-0.4, -0.2) is 53.7 Å². The molecule has 2 atom stereocenters. The summed E-state index contributed by atoms with van der Waals surface area (Å²) < 4.78 is 0. The lowest BCUT2D eigenvalue weighted by Gasteiger charge is -2.26. The van der Waals surface area contributed by atoms with Crippen LogP contribution in [0.5, 0.6) is 0 Å². The van der Waals surface area contributed by atoms with Crippen molar-refractivity contribution < 1.29 is 20.0 Å². The van der Waals surface area contributed by atoms with Crippen LogP contribution in [0.25, 0.3) is 21.7 Å². The zero-order chi connectivity index (χ0) is 25.6. The largest absolute Gasteiger partial charge is 0.394 e. The number of amides is 2. The normalized spacial score (nSPS) is 15.9. The van der Waals surface area contributed by atoms with Gasteiger partial charge in [-0.1, -0.05) is 60.7 Å². The van der Waals surface area contributed by atoms with Crippen molar-refractivity contribution in [2.45, 2.75) is 37.8 Å². The number of H-pyrrole nitrogens is 1. The number of hydrogen-bond donors (Lipinski definition) is 5. The summed E-state index contributed by atoms with van der Waals surface area (Å²) in [4.78, 5) is 29.9. The number of quaternary nitrogens is 1. The van der Waals surface area contributed by atoms with Gasteiger partial charge in [0.15, 0.2) is 0 Å². The Bertz CT molecular complexity index is 1380. The average molecular weight is 500 g/mol. The first kappa shape index (κ1) is 25.0. The molecule has 1 aromatic heterocycles. The number of aromatic nitrogens is 1. The maximum Gasteiger partial charge on any atom is 0.243 e.